The van der Waals surface area contributed by atoms with Crippen molar-refractivity contribution < 1.29 is 4.79 Å². The zero-order valence-corrected chi connectivity index (χ0v) is 15.6. The number of amides is 1. The third kappa shape index (κ3) is 4.23. The molecule has 1 N–H and O–H groups in total. The summed E-state index contributed by atoms with van der Waals surface area (Å²) in [5.74, 6) is 0.110. The number of piperidine rings is 1. The first-order chi connectivity index (χ1) is 12.3. The van der Waals surface area contributed by atoms with Crippen molar-refractivity contribution in [3.63, 3.8) is 0 Å². The number of hydrogen-bond acceptors (Lipinski definition) is 4. The summed E-state index contributed by atoms with van der Waals surface area (Å²) in [7, 11) is 0. The first-order valence-electron chi connectivity index (χ1n) is 9.72. The second-order valence-electron chi connectivity index (χ2n) is 7.55. The van der Waals surface area contributed by atoms with E-state index in [1.54, 1.807) is 11.3 Å². The van der Waals surface area contributed by atoms with Gasteiger partial charge in [-0.25, -0.2) is 4.98 Å². The van der Waals surface area contributed by atoms with E-state index in [2.05, 4.69) is 15.2 Å². The number of carbonyl (C=O) groups is 1. The molecule has 0 aromatic carbocycles. The van der Waals surface area contributed by atoms with Crippen molar-refractivity contribution in [1.29, 1.82) is 0 Å². The third-order valence-corrected chi connectivity index (χ3v) is 6.41. The van der Waals surface area contributed by atoms with Crippen LogP contribution in [0.3, 0.4) is 0 Å². The molecule has 2 aromatic heterocycles. The molecule has 0 unspecified atom stereocenters. The third-order valence-electron chi connectivity index (χ3n) is 5.64. The van der Waals surface area contributed by atoms with Crippen LogP contribution in [-0.2, 0) is 11.2 Å². The molecule has 136 valence electrons. The Labute approximate surface area is 153 Å². The number of imidazole rings is 1. The van der Waals surface area contributed by atoms with Crippen LogP contribution < -0.4 is 5.32 Å². The lowest BCUT2D eigenvalue weighted by molar-refractivity contribution is -0.121. The molecule has 2 fully saturated rings. The smallest absolute Gasteiger partial charge is 0.226 e. The van der Waals surface area contributed by atoms with Crippen molar-refractivity contribution >= 4 is 22.2 Å². The molecule has 6 heteroatoms. The molecule has 2 aliphatic rings. The van der Waals surface area contributed by atoms with Crippen molar-refractivity contribution in [2.24, 2.45) is 0 Å². The van der Waals surface area contributed by atoms with Crippen LogP contribution in [0.5, 0.6) is 0 Å². The molecule has 5 nitrogen and oxygen atoms in total. The average Bonchev–Trinajstić information content (AvgIpc) is 3.06. The van der Waals surface area contributed by atoms with Crippen molar-refractivity contribution in [1.82, 2.24) is 19.6 Å². The number of thiazole rings is 1. The highest BCUT2D eigenvalue weighted by Crippen LogP contribution is 2.24. The van der Waals surface area contributed by atoms with E-state index in [0.29, 0.717) is 12.5 Å². The minimum absolute atomic E-state index is 0.110. The predicted molar refractivity (Wildman–Crippen MR) is 101 cm³/mol. The number of carbonyl (C=O) groups excluding carboxylic acids is 1. The number of nitrogens with one attached hydrogen (secondary N) is 1. The molecule has 1 atom stereocenters. The van der Waals surface area contributed by atoms with Gasteiger partial charge in [0, 0.05) is 36.4 Å². The first-order valence-corrected chi connectivity index (χ1v) is 10.6. The predicted octanol–water partition coefficient (Wildman–Crippen LogP) is 3.24. The molecule has 1 saturated carbocycles. The molecule has 1 aliphatic carbocycles. The van der Waals surface area contributed by atoms with E-state index < -0.39 is 0 Å². The lowest BCUT2D eigenvalue weighted by Crippen LogP contribution is -2.51. The van der Waals surface area contributed by atoms with Crippen LogP contribution >= 0.6 is 11.3 Å². The summed E-state index contributed by atoms with van der Waals surface area (Å²) < 4.78 is 1.99. The quantitative estimate of drug-likeness (QED) is 0.852. The van der Waals surface area contributed by atoms with E-state index >= 15 is 0 Å². The Morgan fingerprint density at radius 3 is 2.84 bits per heavy atom. The van der Waals surface area contributed by atoms with Crippen molar-refractivity contribution in [3.05, 3.63) is 23.5 Å². The number of aromatic nitrogens is 2. The van der Waals surface area contributed by atoms with Gasteiger partial charge in [0.05, 0.1) is 12.1 Å². The van der Waals surface area contributed by atoms with Gasteiger partial charge in [0.2, 0.25) is 5.91 Å². The van der Waals surface area contributed by atoms with Gasteiger partial charge < -0.3 is 5.32 Å². The molecule has 25 heavy (non-hydrogen) atoms. The maximum Gasteiger partial charge on any atom is 0.226 e. The minimum atomic E-state index is 0.110. The van der Waals surface area contributed by atoms with E-state index in [1.807, 2.05) is 22.2 Å². The maximum atomic E-state index is 12.4. The second-order valence-corrected chi connectivity index (χ2v) is 8.42. The van der Waals surface area contributed by atoms with E-state index in [1.165, 1.54) is 51.5 Å². The summed E-state index contributed by atoms with van der Waals surface area (Å²) in [4.78, 5) is 20.6. The summed E-state index contributed by atoms with van der Waals surface area (Å²) in [5.41, 5.74) is 0.862. The Morgan fingerprint density at radius 1 is 1.20 bits per heavy atom. The van der Waals surface area contributed by atoms with Crippen molar-refractivity contribution in [2.45, 2.75) is 69.9 Å². The second kappa shape index (κ2) is 7.87. The largest absolute Gasteiger partial charge is 0.352 e. The number of rotatable bonds is 4. The lowest BCUT2D eigenvalue weighted by atomic mass is 10.00. The molecule has 0 radical (unpaired) electrons. The standard InChI is InChI=1S/C19H28N4OS/c24-18(12-16-14-23-10-11-25-19(23)21-16)20-15-6-5-9-22(13-15)17-7-3-1-2-4-8-17/h10-11,14-15,17H,1-9,12-13H2,(H,20,24)/t15-/m0/s1. The van der Waals surface area contributed by atoms with Gasteiger partial charge in [0.25, 0.3) is 0 Å². The highest BCUT2D eigenvalue weighted by atomic mass is 32.1. The lowest BCUT2D eigenvalue weighted by Gasteiger charge is -2.38. The molecule has 0 spiro atoms. The average molecular weight is 361 g/mol. The van der Waals surface area contributed by atoms with Crippen LogP contribution in [0.2, 0.25) is 0 Å². The van der Waals surface area contributed by atoms with E-state index in [-0.39, 0.29) is 5.91 Å². The number of nitrogens with zero attached hydrogens (tertiary/aromatic N) is 3. The fraction of sp³-hybridized carbons (Fsp3) is 0.684. The molecule has 0 bridgehead atoms. The van der Waals surface area contributed by atoms with E-state index in [0.717, 1.165) is 29.7 Å². The Hall–Kier alpha value is -1.40. The van der Waals surface area contributed by atoms with Gasteiger partial charge in [-0.1, -0.05) is 25.7 Å². The van der Waals surface area contributed by atoms with Gasteiger partial charge in [-0.05, 0) is 32.2 Å². The minimum Gasteiger partial charge on any atom is -0.352 e. The fourth-order valence-corrected chi connectivity index (χ4v) is 5.10. The van der Waals surface area contributed by atoms with E-state index in [9.17, 15) is 4.79 Å². The van der Waals surface area contributed by atoms with Gasteiger partial charge in [0.1, 0.15) is 0 Å². The van der Waals surface area contributed by atoms with E-state index in [4.69, 9.17) is 0 Å². The summed E-state index contributed by atoms with van der Waals surface area (Å²) in [6.07, 6.45) is 14.8. The Morgan fingerprint density at radius 2 is 2.04 bits per heavy atom. The molecule has 1 saturated heterocycles. The van der Waals surface area contributed by atoms with Crippen LogP contribution in [0.1, 0.15) is 57.1 Å². The summed E-state index contributed by atoms with van der Waals surface area (Å²) in [6.45, 7) is 2.23. The number of likely N-dealkylation sites (tertiary alicyclic amines) is 1. The fourth-order valence-electron chi connectivity index (χ4n) is 4.38. The van der Waals surface area contributed by atoms with Crippen LogP contribution in [0.25, 0.3) is 4.96 Å². The van der Waals surface area contributed by atoms with Gasteiger partial charge in [-0.2, -0.15) is 0 Å². The molecule has 3 heterocycles. The topological polar surface area (TPSA) is 49.6 Å². The molecule has 2 aromatic rings. The Bertz CT molecular complexity index is 673. The molecule has 4 rings (SSSR count). The number of hydrogen-bond donors (Lipinski definition) is 1. The van der Waals surface area contributed by atoms with Crippen molar-refractivity contribution in [3.8, 4) is 0 Å². The highest BCUT2D eigenvalue weighted by molar-refractivity contribution is 7.15. The monoisotopic (exact) mass is 360 g/mol. The molecule has 1 amide bonds. The molecule has 1 aliphatic heterocycles. The maximum absolute atomic E-state index is 12.4. The Balaban J connectivity index is 1.30. The summed E-state index contributed by atoms with van der Waals surface area (Å²) in [6, 6.07) is 1.04. The summed E-state index contributed by atoms with van der Waals surface area (Å²) in [5, 5.41) is 5.27. The van der Waals surface area contributed by atoms with Gasteiger partial charge in [0.15, 0.2) is 4.96 Å². The van der Waals surface area contributed by atoms with Crippen LogP contribution in [0, 0.1) is 0 Å². The molecular weight excluding hydrogens is 332 g/mol. The molecular formula is C19H28N4OS. The first kappa shape index (κ1) is 17.0. The zero-order chi connectivity index (χ0) is 17.1. The van der Waals surface area contributed by atoms with Crippen LogP contribution in [-0.4, -0.2) is 45.4 Å². The summed E-state index contributed by atoms with van der Waals surface area (Å²) >= 11 is 1.60. The SMILES string of the molecule is O=C(Cc1cn2ccsc2n1)N[C@H]1CCCN(C2CCCCCC2)C1. The van der Waals surface area contributed by atoms with Gasteiger partial charge in [-0.15, -0.1) is 11.3 Å². The van der Waals surface area contributed by atoms with Gasteiger partial charge >= 0.3 is 0 Å². The van der Waals surface area contributed by atoms with Crippen LogP contribution in [0.4, 0.5) is 0 Å². The number of fused-ring (bicyclic) bond motifs is 1. The Kier molecular flexibility index (Phi) is 5.36. The zero-order valence-electron chi connectivity index (χ0n) is 14.8. The highest BCUT2D eigenvalue weighted by Gasteiger charge is 2.27. The van der Waals surface area contributed by atoms with Crippen LogP contribution in [0.15, 0.2) is 17.8 Å². The van der Waals surface area contributed by atoms with Gasteiger partial charge in [-0.3, -0.25) is 14.1 Å². The van der Waals surface area contributed by atoms with Crippen molar-refractivity contribution in [2.75, 3.05) is 13.1 Å². The normalized spacial score (nSPS) is 23.6.